The van der Waals surface area contributed by atoms with Crippen LogP contribution in [0.3, 0.4) is 0 Å². The molecule has 8 rings (SSSR count). The normalized spacial score (nSPS) is 12.0. The lowest BCUT2D eigenvalue weighted by Gasteiger charge is -2.17. The SMILES string of the molecule is Cc1cc(-c2cc3ccccc3c3ccccc23)c(Cl)c(-n2c3ccccc3n3c4cc(C)cc(C)c4cc23)c1. The number of hydrogen-bond acceptors (Lipinski definition) is 0. The Balaban J connectivity index is 1.50. The molecule has 0 fully saturated rings. The van der Waals surface area contributed by atoms with E-state index in [1.54, 1.807) is 0 Å². The van der Waals surface area contributed by atoms with Crippen molar-refractivity contribution in [1.82, 2.24) is 8.97 Å². The Hall–Kier alpha value is -4.53. The molecule has 0 radical (unpaired) electrons. The molecule has 0 amide bonds. The zero-order chi connectivity index (χ0) is 27.1. The summed E-state index contributed by atoms with van der Waals surface area (Å²) in [4.78, 5) is 0. The highest BCUT2D eigenvalue weighted by molar-refractivity contribution is 6.36. The van der Waals surface area contributed by atoms with Crippen LogP contribution in [0.1, 0.15) is 16.7 Å². The van der Waals surface area contributed by atoms with Crippen molar-refractivity contribution in [3.8, 4) is 16.8 Å². The molecule has 0 bridgehead atoms. The molecule has 8 aromatic rings. The first kappa shape index (κ1) is 23.4. The minimum atomic E-state index is 0.757. The number of aryl methyl sites for hydroxylation is 3. The third kappa shape index (κ3) is 3.23. The molecule has 0 unspecified atom stereocenters. The molecule has 40 heavy (non-hydrogen) atoms. The van der Waals surface area contributed by atoms with Crippen LogP contribution in [0, 0.1) is 20.8 Å². The first-order valence-corrected chi connectivity index (χ1v) is 14.1. The fraction of sp³-hybridized carbons (Fsp3) is 0.0811. The Labute approximate surface area is 237 Å². The number of halogens is 1. The topological polar surface area (TPSA) is 9.34 Å². The third-order valence-electron chi connectivity index (χ3n) is 8.34. The van der Waals surface area contributed by atoms with Gasteiger partial charge in [0.25, 0.3) is 0 Å². The Bertz CT molecular complexity index is 2320. The molecule has 2 heterocycles. The first-order chi connectivity index (χ1) is 19.5. The maximum atomic E-state index is 7.48. The third-order valence-corrected chi connectivity index (χ3v) is 8.74. The van der Waals surface area contributed by atoms with E-state index in [2.05, 4.69) is 139 Å². The van der Waals surface area contributed by atoms with Crippen LogP contribution >= 0.6 is 11.6 Å². The van der Waals surface area contributed by atoms with E-state index in [-0.39, 0.29) is 0 Å². The van der Waals surface area contributed by atoms with Crippen molar-refractivity contribution in [2.45, 2.75) is 20.8 Å². The van der Waals surface area contributed by atoms with Gasteiger partial charge >= 0.3 is 0 Å². The number of aromatic nitrogens is 2. The molecule has 2 nitrogen and oxygen atoms in total. The second-order valence-electron chi connectivity index (χ2n) is 11.0. The molecule has 192 valence electrons. The summed E-state index contributed by atoms with van der Waals surface area (Å²) < 4.78 is 4.72. The molecule has 3 heteroatoms. The summed E-state index contributed by atoms with van der Waals surface area (Å²) in [5.74, 6) is 0. The number of para-hydroxylation sites is 2. The average Bonchev–Trinajstić information content (AvgIpc) is 3.49. The summed E-state index contributed by atoms with van der Waals surface area (Å²) in [7, 11) is 0. The number of fused-ring (bicyclic) bond motifs is 8. The van der Waals surface area contributed by atoms with Crippen molar-refractivity contribution in [2.75, 3.05) is 0 Å². The van der Waals surface area contributed by atoms with E-state index in [0.717, 1.165) is 33.0 Å². The van der Waals surface area contributed by atoms with Crippen LogP contribution in [-0.4, -0.2) is 8.97 Å². The van der Waals surface area contributed by atoms with E-state index in [0.29, 0.717) is 0 Å². The Kier molecular flexibility index (Phi) is 4.96. The molecule has 0 aliphatic rings. The van der Waals surface area contributed by atoms with Crippen LogP contribution < -0.4 is 0 Å². The summed E-state index contributed by atoms with van der Waals surface area (Å²) in [6, 6.07) is 39.5. The summed E-state index contributed by atoms with van der Waals surface area (Å²) in [5.41, 5.74) is 11.6. The van der Waals surface area contributed by atoms with Gasteiger partial charge in [0.05, 0.1) is 27.3 Å². The zero-order valence-corrected chi connectivity index (χ0v) is 23.4. The van der Waals surface area contributed by atoms with E-state index >= 15 is 0 Å². The van der Waals surface area contributed by atoms with Crippen LogP contribution in [0.5, 0.6) is 0 Å². The summed E-state index contributed by atoms with van der Waals surface area (Å²) in [5, 5.41) is 6.95. The molecular formula is C37H27ClN2. The van der Waals surface area contributed by atoms with Gasteiger partial charge in [0.2, 0.25) is 0 Å². The van der Waals surface area contributed by atoms with Crippen LogP contribution in [0.2, 0.25) is 5.02 Å². The van der Waals surface area contributed by atoms with E-state index in [1.165, 1.54) is 54.7 Å². The van der Waals surface area contributed by atoms with Crippen LogP contribution in [0.25, 0.3) is 65.9 Å². The molecule has 0 saturated carbocycles. The molecule has 0 saturated heterocycles. The molecule has 0 aliphatic carbocycles. The molecule has 0 atom stereocenters. The predicted octanol–water partition coefficient (Wildman–Crippen LogP) is 10.6. The smallest absolute Gasteiger partial charge is 0.123 e. The highest BCUT2D eigenvalue weighted by atomic mass is 35.5. The van der Waals surface area contributed by atoms with E-state index in [1.807, 2.05) is 0 Å². The van der Waals surface area contributed by atoms with Gasteiger partial charge in [-0.3, -0.25) is 8.97 Å². The minimum Gasteiger partial charge on any atom is -0.293 e. The highest BCUT2D eigenvalue weighted by Gasteiger charge is 2.21. The van der Waals surface area contributed by atoms with Crippen molar-refractivity contribution < 1.29 is 0 Å². The quantitative estimate of drug-likeness (QED) is 0.195. The number of nitrogens with zero attached hydrogens (tertiary/aromatic N) is 2. The molecule has 0 aliphatic heterocycles. The average molecular weight is 535 g/mol. The second kappa shape index (κ2) is 8.48. The zero-order valence-electron chi connectivity index (χ0n) is 22.7. The van der Waals surface area contributed by atoms with Crippen LogP contribution in [-0.2, 0) is 0 Å². The van der Waals surface area contributed by atoms with Crippen molar-refractivity contribution in [3.63, 3.8) is 0 Å². The first-order valence-electron chi connectivity index (χ1n) is 13.7. The summed E-state index contributed by atoms with van der Waals surface area (Å²) in [6.45, 7) is 6.53. The monoisotopic (exact) mass is 534 g/mol. The Morgan fingerprint density at radius 2 is 1.20 bits per heavy atom. The summed E-state index contributed by atoms with van der Waals surface area (Å²) >= 11 is 7.48. The molecule has 6 aromatic carbocycles. The van der Waals surface area contributed by atoms with Crippen molar-refractivity contribution >= 4 is 60.7 Å². The number of imidazole rings is 1. The van der Waals surface area contributed by atoms with Gasteiger partial charge in [-0.05, 0) is 107 Å². The Morgan fingerprint density at radius 3 is 2.02 bits per heavy atom. The fourth-order valence-corrected chi connectivity index (χ4v) is 6.96. The van der Waals surface area contributed by atoms with Gasteiger partial charge in [-0.25, -0.2) is 0 Å². The van der Waals surface area contributed by atoms with Crippen molar-refractivity contribution in [2.24, 2.45) is 0 Å². The van der Waals surface area contributed by atoms with E-state index < -0.39 is 0 Å². The maximum Gasteiger partial charge on any atom is 0.123 e. The van der Waals surface area contributed by atoms with E-state index in [9.17, 15) is 0 Å². The van der Waals surface area contributed by atoms with Crippen LogP contribution in [0.4, 0.5) is 0 Å². The lowest BCUT2D eigenvalue weighted by molar-refractivity contribution is 1.14. The number of benzene rings is 6. The van der Waals surface area contributed by atoms with E-state index in [4.69, 9.17) is 11.6 Å². The lowest BCUT2D eigenvalue weighted by atomic mass is 9.92. The van der Waals surface area contributed by atoms with Gasteiger partial charge < -0.3 is 0 Å². The van der Waals surface area contributed by atoms with Gasteiger partial charge in [-0.2, -0.15) is 0 Å². The Morgan fingerprint density at radius 1 is 0.525 bits per heavy atom. The van der Waals surface area contributed by atoms with Gasteiger partial charge in [0.15, 0.2) is 0 Å². The number of rotatable bonds is 2. The van der Waals surface area contributed by atoms with Crippen molar-refractivity contribution in [1.29, 1.82) is 0 Å². The standard InChI is InChI=1S/C37H27ClN2/c1-22-16-24(3)29-21-36-39(34(29)18-22)32-14-8-9-15-33(32)40(36)35-19-23(2)17-31(37(35)38)30-20-25-10-4-5-11-26(25)27-12-6-7-13-28(27)30/h4-21H,1-3H3. The fourth-order valence-electron chi connectivity index (χ4n) is 6.67. The predicted molar refractivity (Wildman–Crippen MR) is 171 cm³/mol. The molecule has 0 spiro atoms. The van der Waals surface area contributed by atoms with Crippen LogP contribution in [0.15, 0.2) is 109 Å². The maximum absolute atomic E-state index is 7.48. The molecule has 0 N–H and O–H groups in total. The second-order valence-corrected chi connectivity index (χ2v) is 11.4. The highest BCUT2D eigenvalue weighted by Crippen LogP contribution is 2.42. The van der Waals surface area contributed by atoms with Crippen molar-refractivity contribution in [3.05, 3.63) is 131 Å². The van der Waals surface area contributed by atoms with Gasteiger partial charge in [0.1, 0.15) is 5.65 Å². The van der Waals surface area contributed by atoms with Gasteiger partial charge in [0, 0.05) is 10.9 Å². The minimum absolute atomic E-state index is 0.757. The summed E-state index contributed by atoms with van der Waals surface area (Å²) in [6.07, 6.45) is 0. The number of hydrogen-bond donors (Lipinski definition) is 0. The van der Waals surface area contributed by atoms with Gasteiger partial charge in [-0.15, -0.1) is 0 Å². The molecule has 2 aromatic heterocycles. The largest absolute Gasteiger partial charge is 0.293 e. The molecular weight excluding hydrogens is 508 g/mol. The lowest BCUT2D eigenvalue weighted by Crippen LogP contribution is -1.98. The van der Waals surface area contributed by atoms with Gasteiger partial charge in [-0.1, -0.05) is 78.3 Å².